The van der Waals surface area contributed by atoms with Gasteiger partial charge in [-0.3, -0.25) is 0 Å². The summed E-state index contributed by atoms with van der Waals surface area (Å²) < 4.78 is 0. The molecule has 0 bridgehead atoms. The normalized spacial score (nSPS) is 13.7. The summed E-state index contributed by atoms with van der Waals surface area (Å²) in [5.74, 6) is 0. The third-order valence-electron chi connectivity index (χ3n) is 1.56. The van der Waals surface area contributed by atoms with Crippen LogP contribution in [-0.2, 0) is 0 Å². The number of hydrogen-bond donors (Lipinski definition) is 1. The summed E-state index contributed by atoms with van der Waals surface area (Å²) in [4.78, 5) is 0. The molecule has 55 valence electrons. The Bertz CT molecular complexity index is 52.5. The standard InChI is InChI=1S/C8H18N/c1-4-5-6-7-8(2)9-3/h8-9H,2,4-7H2,1,3H3. The number of unbranched alkanes of at least 4 members (excludes halogenated alkanes) is 2. The van der Waals surface area contributed by atoms with Gasteiger partial charge in [0.2, 0.25) is 0 Å². The van der Waals surface area contributed by atoms with E-state index in [1.54, 1.807) is 0 Å². The predicted molar refractivity (Wildman–Crippen MR) is 42.3 cm³/mol. The molecular weight excluding hydrogens is 110 g/mol. The third kappa shape index (κ3) is 5.84. The van der Waals surface area contributed by atoms with Crippen LogP contribution in [0, 0.1) is 6.92 Å². The zero-order chi connectivity index (χ0) is 7.11. The van der Waals surface area contributed by atoms with Gasteiger partial charge < -0.3 is 5.32 Å². The molecule has 0 spiro atoms. The first-order valence-corrected chi connectivity index (χ1v) is 3.81. The van der Waals surface area contributed by atoms with Crippen LogP contribution < -0.4 is 5.32 Å². The van der Waals surface area contributed by atoms with Crippen LogP contribution in [0.15, 0.2) is 0 Å². The average Bonchev–Trinajstić information content (AvgIpc) is 1.89. The Morgan fingerprint density at radius 3 is 2.56 bits per heavy atom. The maximum absolute atomic E-state index is 3.92. The van der Waals surface area contributed by atoms with E-state index in [2.05, 4.69) is 19.2 Å². The quantitative estimate of drug-likeness (QED) is 0.558. The lowest BCUT2D eigenvalue weighted by atomic mass is 10.1. The molecule has 0 aromatic carbocycles. The molecule has 0 aliphatic rings. The van der Waals surface area contributed by atoms with Gasteiger partial charge in [0.1, 0.15) is 0 Å². The zero-order valence-corrected chi connectivity index (χ0v) is 6.61. The van der Waals surface area contributed by atoms with E-state index in [1.165, 1.54) is 25.7 Å². The highest BCUT2D eigenvalue weighted by molar-refractivity contribution is 4.65. The third-order valence-corrected chi connectivity index (χ3v) is 1.56. The molecule has 1 radical (unpaired) electrons. The molecule has 0 saturated carbocycles. The zero-order valence-electron chi connectivity index (χ0n) is 6.61. The molecule has 0 fully saturated rings. The van der Waals surface area contributed by atoms with Crippen molar-refractivity contribution in [3.63, 3.8) is 0 Å². The van der Waals surface area contributed by atoms with Gasteiger partial charge in [-0.05, 0) is 20.4 Å². The van der Waals surface area contributed by atoms with Crippen molar-refractivity contribution in [1.29, 1.82) is 0 Å². The van der Waals surface area contributed by atoms with Crippen molar-refractivity contribution in [2.45, 2.75) is 38.6 Å². The van der Waals surface area contributed by atoms with Crippen LogP contribution in [0.25, 0.3) is 0 Å². The summed E-state index contributed by atoms with van der Waals surface area (Å²) in [5.41, 5.74) is 0. The Labute approximate surface area is 58.8 Å². The van der Waals surface area contributed by atoms with Crippen molar-refractivity contribution >= 4 is 0 Å². The Morgan fingerprint density at radius 2 is 2.11 bits per heavy atom. The van der Waals surface area contributed by atoms with E-state index in [9.17, 15) is 0 Å². The lowest BCUT2D eigenvalue weighted by Crippen LogP contribution is -2.20. The maximum atomic E-state index is 3.92. The number of rotatable bonds is 5. The van der Waals surface area contributed by atoms with Gasteiger partial charge in [0, 0.05) is 6.04 Å². The molecule has 0 rings (SSSR count). The van der Waals surface area contributed by atoms with Crippen LogP contribution >= 0.6 is 0 Å². The second kappa shape index (κ2) is 6.09. The second-order valence-electron chi connectivity index (χ2n) is 2.48. The van der Waals surface area contributed by atoms with E-state index in [0.29, 0.717) is 6.04 Å². The summed E-state index contributed by atoms with van der Waals surface area (Å²) in [6, 6.07) is 0.455. The van der Waals surface area contributed by atoms with Gasteiger partial charge >= 0.3 is 0 Å². The highest BCUT2D eigenvalue weighted by atomic mass is 14.8. The summed E-state index contributed by atoms with van der Waals surface area (Å²) in [6.45, 7) is 6.14. The minimum Gasteiger partial charge on any atom is -0.317 e. The second-order valence-corrected chi connectivity index (χ2v) is 2.48. The van der Waals surface area contributed by atoms with E-state index in [1.807, 2.05) is 7.05 Å². The van der Waals surface area contributed by atoms with Crippen molar-refractivity contribution in [2.75, 3.05) is 7.05 Å². The van der Waals surface area contributed by atoms with E-state index in [4.69, 9.17) is 0 Å². The van der Waals surface area contributed by atoms with Gasteiger partial charge in [-0.25, -0.2) is 0 Å². The van der Waals surface area contributed by atoms with E-state index in [0.717, 1.165) is 0 Å². The average molecular weight is 128 g/mol. The molecule has 1 atom stereocenters. The van der Waals surface area contributed by atoms with Crippen molar-refractivity contribution in [1.82, 2.24) is 5.32 Å². The lowest BCUT2D eigenvalue weighted by Gasteiger charge is -2.07. The Hall–Kier alpha value is -0.0400. The summed E-state index contributed by atoms with van der Waals surface area (Å²) >= 11 is 0. The lowest BCUT2D eigenvalue weighted by molar-refractivity contribution is 0.560. The summed E-state index contributed by atoms with van der Waals surface area (Å²) in [7, 11) is 1.96. The molecular formula is C8H18N. The van der Waals surface area contributed by atoms with Gasteiger partial charge in [0.25, 0.3) is 0 Å². The fraction of sp³-hybridized carbons (Fsp3) is 0.875. The molecule has 1 unspecified atom stereocenters. The predicted octanol–water partition coefficient (Wildman–Crippen LogP) is 1.99. The van der Waals surface area contributed by atoms with Gasteiger partial charge in [-0.1, -0.05) is 26.2 Å². The molecule has 9 heavy (non-hydrogen) atoms. The van der Waals surface area contributed by atoms with E-state index < -0.39 is 0 Å². The van der Waals surface area contributed by atoms with Crippen LogP contribution in [0.3, 0.4) is 0 Å². The first-order valence-electron chi connectivity index (χ1n) is 3.81. The Kier molecular flexibility index (Phi) is 6.06. The topological polar surface area (TPSA) is 12.0 Å². The molecule has 0 aliphatic heterocycles. The monoisotopic (exact) mass is 128 g/mol. The fourth-order valence-corrected chi connectivity index (χ4v) is 0.785. The molecule has 1 N–H and O–H groups in total. The molecule has 0 saturated heterocycles. The van der Waals surface area contributed by atoms with Gasteiger partial charge in [-0.15, -0.1) is 0 Å². The van der Waals surface area contributed by atoms with E-state index in [-0.39, 0.29) is 0 Å². The minimum atomic E-state index is 0.455. The summed E-state index contributed by atoms with van der Waals surface area (Å²) in [6.07, 6.45) is 5.17. The molecule has 0 aromatic rings. The number of nitrogens with one attached hydrogen (secondary N) is 1. The van der Waals surface area contributed by atoms with E-state index >= 15 is 0 Å². The summed E-state index contributed by atoms with van der Waals surface area (Å²) in [5, 5.41) is 3.11. The first-order chi connectivity index (χ1) is 4.31. The molecule has 1 heteroatoms. The smallest absolute Gasteiger partial charge is 0.00646 e. The Morgan fingerprint density at radius 1 is 1.44 bits per heavy atom. The van der Waals surface area contributed by atoms with Crippen molar-refractivity contribution in [2.24, 2.45) is 0 Å². The van der Waals surface area contributed by atoms with Crippen LogP contribution in [0.5, 0.6) is 0 Å². The van der Waals surface area contributed by atoms with Gasteiger partial charge in [0.05, 0.1) is 0 Å². The van der Waals surface area contributed by atoms with Crippen LogP contribution in [0.2, 0.25) is 0 Å². The SMILES string of the molecule is [CH2]C(CCCCC)NC. The highest BCUT2D eigenvalue weighted by Gasteiger charge is 1.94. The largest absolute Gasteiger partial charge is 0.317 e. The van der Waals surface area contributed by atoms with Crippen molar-refractivity contribution in [3.05, 3.63) is 6.92 Å². The Balaban J connectivity index is 2.88. The van der Waals surface area contributed by atoms with Crippen LogP contribution in [-0.4, -0.2) is 13.1 Å². The highest BCUT2D eigenvalue weighted by Crippen LogP contribution is 2.01. The first kappa shape index (κ1) is 8.96. The molecule has 0 aromatic heterocycles. The fourth-order valence-electron chi connectivity index (χ4n) is 0.785. The van der Waals surface area contributed by atoms with Crippen molar-refractivity contribution < 1.29 is 0 Å². The maximum Gasteiger partial charge on any atom is 0.00646 e. The molecule has 0 aliphatic carbocycles. The molecule has 0 heterocycles. The molecule has 0 amide bonds. The molecule has 1 nitrogen and oxygen atoms in total. The van der Waals surface area contributed by atoms with Gasteiger partial charge in [-0.2, -0.15) is 0 Å². The van der Waals surface area contributed by atoms with Crippen LogP contribution in [0.1, 0.15) is 32.6 Å². The van der Waals surface area contributed by atoms with Gasteiger partial charge in [0.15, 0.2) is 0 Å². The van der Waals surface area contributed by atoms with Crippen molar-refractivity contribution in [3.8, 4) is 0 Å². The number of hydrogen-bond acceptors (Lipinski definition) is 1. The van der Waals surface area contributed by atoms with Crippen LogP contribution in [0.4, 0.5) is 0 Å². The minimum absolute atomic E-state index is 0.455.